The Kier molecular flexibility index (Phi) is 5.24. The molecule has 2 rings (SSSR count). The number of benzene rings is 1. The van der Waals surface area contributed by atoms with Crippen LogP contribution in [0.15, 0.2) is 36.5 Å². The van der Waals surface area contributed by atoms with E-state index in [1.807, 2.05) is 24.3 Å². The Labute approximate surface area is 128 Å². The molecule has 0 saturated heterocycles. The van der Waals surface area contributed by atoms with Gasteiger partial charge < -0.3 is 10.5 Å². The van der Waals surface area contributed by atoms with Crippen molar-refractivity contribution in [3.63, 3.8) is 0 Å². The Balaban J connectivity index is 2.18. The van der Waals surface area contributed by atoms with Crippen LogP contribution in [0.5, 0.6) is 5.75 Å². The lowest BCUT2D eigenvalue weighted by Gasteiger charge is -2.14. The molecule has 5 heteroatoms. The average molecular weight is 311 g/mol. The second-order valence-electron chi connectivity index (χ2n) is 4.42. The first-order valence-electron chi connectivity index (χ1n) is 6.41. The van der Waals surface area contributed by atoms with Crippen LogP contribution in [0.1, 0.15) is 30.6 Å². The maximum atomic E-state index is 6.19. The maximum Gasteiger partial charge on any atom is 0.119 e. The van der Waals surface area contributed by atoms with E-state index in [0.717, 1.165) is 17.7 Å². The predicted octanol–water partition coefficient (Wildman–Crippen LogP) is 4.23. The Bertz CT molecular complexity index is 573. The van der Waals surface area contributed by atoms with E-state index < -0.39 is 0 Å². The van der Waals surface area contributed by atoms with Crippen molar-refractivity contribution in [3.05, 3.63) is 57.8 Å². The zero-order chi connectivity index (χ0) is 14.5. The minimum absolute atomic E-state index is 0.389. The molecule has 1 aromatic carbocycles. The number of ether oxygens (including phenoxy) is 1. The Morgan fingerprint density at radius 2 is 1.95 bits per heavy atom. The van der Waals surface area contributed by atoms with Crippen molar-refractivity contribution in [2.75, 3.05) is 6.61 Å². The summed E-state index contributed by atoms with van der Waals surface area (Å²) in [5.74, 6) is 0.831. The smallest absolute Gasteiger partial charge is 0.119 e. The number of hydrogen-bond acceptors (Lipinski definition) is 3. The molecule has 0 aliphatic rings. The first-order chi connectivity index (χ1) is 9.61. The number of rotatable bonds is 5. The molecule has 20 heavy (non-hydrogen) atoms. The van der Waals surface area contributed by atoms with Crippen molar-refractivity contribution in [2.24, 2.45) is 5.73 Å². The van der Waals surface area contributed by atoms with Crippen molar-refractivity contribution >= 4 is 23.2 Å². The molecule has 1 heterocycles. The van der Waals surface area contributed by atoms with Gasteiger partial charge in [0.2, 0.25) is 0 Å². The molecule has 0 fully saturated rings. The average Bonchev–Trinajstić information content (AvgIpc) is 2.45. The van der Waals surface area contributed by atoms with Crippen molar-refractivity contribution in [2.45, 2.75) is 19.4 Å². The lowest BCUT2D eigenvalue weighted by Crippen LogP contribution is -2.14. The molecule has 0 amide bonds. The molecular formula is C15H16Cl2N2O. The van der Waals surface area contributed by atoms with Gasteiger partial charge in [-0.3, -0.25) is 4.98 Å². The summed E-state index contributed by atoms with van der Waals surface area (Å²) in [5, 5.41) is 0.963. The Morgan fingerprint density at radius 3 is 2.55 bits per heavy atom. The minimum Gasteiger partial charge on any atom is -0.494 e. The van der Waals surface area contributed by atoms with E-state index in [1.54, 1.807) is 12.3 Å². The predicted molar refractivity (Wildman–Crippen MR) is 82.5 cm³/mol. The first-order valence-corrected chi connectivity index (χ1v) is 7.16. The number of nitrogens with zero attached hydrogens (tertiary/aromatic N) is 1. The van der Waals surface area contributed by atoms with Crippen LogP contribution in [0.3, 0.4) is 0 Å². The number of nitrogens with two attached hydrogens (primary N) is 1. The van der Waals surface area contributed by atoms with E-state index in [9.17, 15) is 0 Å². The highest BCUT2D eigenvalue weighted by Gasteiger charge is 2.14. The van der Waals surface area contributed by atoms with E-state index in [0.29, 0.717) is 22.3 Å². The van der Waals surface area contributed by atoms with Crippen LogP contribution in [0, 0.1) is 0 Å². The van der Waals surface area contributed by atoms with Gasteiger partial charge in [0, 0.05) is 6.20 Å². The number of halogens is 2. The third kappa shape index (κ3) is 3.63. The Hall–Kier alpha value is -1.29. The zero-order valence-corrected chi connectivity index (χ0v) is 12.7. The lowest BCUT2D eigenvalue weighted by atomic mass is 10.0. The molecule has 0 spiro atoms. The molecule has 0 saturated carbocycles. The highest BCUT2D eigenvalue weighted by Crippen LogP contribution is 2.27. The molecule has 1 atom stereocenters. The lowest BCUT2D eigenvalue weighted by molar-refractivity contribution is 0.317. The van der Waals surface area contributed by atoms with Gasteiger partial charge in [-0.1, -0.05) is 42.3 Å². The van der Waals surface area contributed by atoms with Gasteiger partial charge in [-0.2, -0.15) is 0 Å². The minimum atomic E-state index is -0.389. The zero-order valence-electron chi connectivity index (χ0n) is 11.1. The van der Waals surface area contributed by atoms with E-state index in [2.05, 4.69) is 11.9 Å². The van der Waals surface area contributed by atoms with Crippen LogP contribution >= 0.6 is 23.2 Å². The quantitative estimate of drug-likeness (QED) is 0.899. The summed E-state index contributed by atoms with van der Waals surface area (Å²) in [6.45, 7) is 2.77. The van der Waals surface area contributed by atoms with Crippen molar-refractivity contribution in [1.29, 1.82) is 0 Å². The van der Waals surface area contributed by atoms with E-state index in [1.165, 1.54) is 0 Å². The molecule has 1 aromatic heterocycles. The van der Waals surface area contributed by atoms with Gasteiger partial charge in [0.15, 0.2) is 0 Å². The summed E-state index contributed by atoms with van der Waals surface area (Å²) in [5.41, 5.74) is 7.72. The number of pyridine rings is 1. The van der Waals surface area contributed by atoms with Crippen LogP contribution in [-0.2, 0) is 0 Å². The molecule has 0 aliphatic heterocycles. The van der Waals surface area contributed by atoms with E-state index >= 15 is 0 Å². The molecular weight excluding hydrogens is 295 g/mol. The second kappa shape index (κ2) is 6.93. The van der Waals surface area contributed by atoms with Crippen LogP contribution < -0.4 is 10.5 Å². The standard InChI is InChI=1S/C15H16Cl2N2O/c1-2-7-20-12-5-3-10(4-6-12)14(18)15-13(17)8-11(16)9-19-15/h3-6,8-9,14H,2,7,18H2,1H3. The third-order valence-corrected chi connectivity index (χ3v) is 3.35. The summed E-state index contributed by atoms with van der Waals surface area (Å²) in [6.07, 6.45) is 2.52. The molecule has 106 valence electrons. The second-order valence-corrected chi connectivity index (χ2v) is 5.26. The van der Waals surface area contributed by atoms with E-state index in [-0.39, 0.29) is 6.04 Å². The molecule has 0 bridgehead atoms. The summed E-state index contributed by atoms with van der Waals surface area (Å²) in [7, 11) is 0. The summed E-state index contributed by atoms with van der Waals surface area (Å²) in [6, 6.07) is 8.89. The van der Waals surface area contributed by atoms with Gasteiger partial charge in [-0.15, -0.1) is 0 Å². The van der Waals surface area contributed by atoms with Crippen LogP contribution in [0.4, 0.5) is 0 Å². The van der Waals surface area contributed by atoms with Gasteiger partial charge >= 0.3 is 0 Å². The van der Waals surface area contributed by atoms with Crippen LogP contribution in [0.2, 0.25) is 10.0 Å². The normalized spacial score (nSPS) is 12.2. The van der Waals surface area contributed by atoms with Gasteiger partial charge in [-0.05, 0) is 30.2 Å². The van der Waals surface area contributed by atoms with Gasteiger partial charge in [0.1, 0.15) is 5.75 Å². The highest BCUT2D eigenvalue weighted by atomic mass is 35.5. The summed E-state index contributed by atoms with van der Waals surface area (Å²) in [4.78, 5) is 4.21. The summed E-state index contributed by atoms with van der Waals surface area (Å²) < 4.78 is 5.54. The first kappa shape index (κ1) is 15.1. The molecule has 0 aliphatic carbocycles. The molecule has 2 aromatic rings. The largest absolute Gasteiger partial charge is 0.494 e. The van der Waals surface area contributed by atoms with Gasteiger partial charge in [-0.25, -0.2) is 0 Å². The fraction of sp³-hybridized carbons (Fsp3) is 0.267. The van der Waals surface area contributed by atoms with Gasteiger partial charge in [0.05, 0.1) is 28.4 Å². The molecule has 0 radical (unpaired) electrons. The topological polar surface area (TPSA) is 48.1 Å². The van der Waals surface area contributed by atoms with Crippen molar-refractivity contribution < 1.29 is 4.74 Å². The SMILES string of the molecule is CCCOc1ccc(C(N)c2ncc(Cl)cc2Cl)cc1. The highest BCUT2D eigenvalue weighted by molar-refractivity contribution is 6.34. The molecule has 1 unspecified atom stereocenters. The fourth-order valence-electron chi connectivity index (χ4n) is 1.80. The fourth-order valence-corrected chi connectivity index (χ4v) is 2.30. The summed E-state index contributed by atoms with van der Waals surface area (Å²) >= 11 is 12.0. The van der Waals surface area contributed by atoms with Crippen LogP contribution in [0.25, 0.3) is 0 Å². The van der Waals surface area contributed by atoms with E-state index in [4.69, 9.17) is 33.7 Å². The molecule has 2 N–H and O–H groups in total. The third-order valence-electron chi connectivity index (χ3n) is 2.84. The van der Waals surface area contributed by atoms with Crippen molar-refractivity contribution in [1.82, 2.24) is 4.98 Å². The van der Waals surface area contributed by atoms with Crippen LogP contribution in [-0.4, -0.2) is 11.6 Å². The van der Waals surface area contributed by atoms with Crippen molar-refractivity contribution in [3.8, 4) is 5.75 Å². The van der Waals surface area contributed by atoms with Gasteiger partial charge in [0.25, 0.3) is 0 Å². The number of hydrogen-bond donors (Lipinski definition) is 1. The monoisotopic (exact) mass is 310 g/mol. The number of aromatic nitrogens is 1. The Morgan fingerprint density at radius 1 is 1.25 bits per heavy atom. The maximum absolute atomic E-state index is 6.19. The molecule has 3 nitrogen and oxygen atoms in total.